The minimum Gasteiger partial charge on any atom is -0.396 e. The van der Waals surface area contributed by atoms with Gasteiger partial charge in [-0.1, -0.05) is 0 Å². The lowest BCUT2D eigenvalue weighted by Crippen LogP contribution is -2.47. The Balaban J connectivity index is 4.11. The molecule has 0 bridgehead atoms. The molecule has 3 N–H and O–H groups in total. The predicted octanol–water partition coefficient (Wildman–Crippen LogP) is 1.63. The number of aliphatic hydroxyl groups excluding tert-OH is 2. The van der Waals surface area contributed by atoms with Crippen LogP contribution in [0.3, 0.4) is 0 Å². The van der Waals surface area contributed by atoms with Gasteiger partial charge in [-0.25, -0.2) is 0 Å². The van der Waals surface area contributed by atoms with Crippen molar-refractivity contribution in [3.05, 3.63) is 0 Å². The van der Waals surface area contributed by atoms with Crippen LogP contribution in [0, 0.1) is 0 Å². The van der Waals surface area contributed by atoms with Crippen LogP contribution in [0.2, 0.25) is 0 Å². The summed E-state index contributed by atoms with van der Waals surface area (Å²) in [6.45, 7) is 10.0. The second kappa shape index (κ2) is 16.8. The molecule has 0 saturated heterocycles. The van der Waals surface area contributed by atoms with Crippen molar-refractivity contribution in [3.63, 3.8) is 0 Å². The Kier molecular flexibility index (Phi) is 16.9. The highest BCUT2D eigenvalue weighted by Gasteiger charge is 2.35. The van der Waals surface area contributed by atoms with Crippen LogP contribution in [0.4, 0.5) is 0 Å². The van der Waals surface area contributed by atoms with E-state index in [-0.39, 0.29) is 39.6 Å². The average molecular weight is 430 g/mol. The summed E-state index contributed by atoms with van der Waals surface area (Å²) in [5.41, 5.74) is -1.70. The van der Waals surface area contributed by atoms with E-state index in [1.54, 1.807) is 13.8 Å². The third kappa shape index (κ3) is 15.0. The summed E-state index contributed by atoms with van der Waals surface area (Å²) in [6.07, 6.45) is 1.30. The van der Waals surface area contributed by atoms with Crippen LogP contribution in [0.15, 0.2) is 0 Å². The zero-order valence-electron chi connectivity index (χ0n) is 17.7. The SMILES string of the molecule is CC(C)(O)C(C)(C)OCCOP(OCCCOCCCO)OCCOCCO. The van der Waals surface area contributed by atoms with Gasteiger partial charge in [0.25, 0.3) is 0 Å². The normalized spacial score (nSPS) is 13.8. The highest BCUT2D eigenvalue weighted by Crippen LogP contribution is 2.39. The Hall–Kier alpha value is 0.0700. The van der Waals surface area contributed by atoms with E-state index in [1.165, 1.54) is 0 Å². The number of rotatable bonds is 20. The summed E-state index contributed by atoms with van der Waals surface area (Å²) in [5, 5.41) is 27.5. The van der Waals surface area contributed by atoms with Crippen LogP contribution in [0.1, 0.15) is 40.5 Å². The van der Waals surface area contributed by atoms with Gasteiger partial charge in [-0.3, -0.25) is 0 Å². The van der Waals surface area contributed by atoms with E-state index in [1.807, 2.05) is 13.8 Å². The molecule has 10 heteroatoms. The third-order valence-electron chi connectivity index (χ3n) is 3.95. The molecule has 0 aromatic rings. The zero-order chi connectivity index (χ0) is 21.3. The molecule has 0 heterocycles. The quantitative estimate of drug-likeness (QED) is 0.196. The third-order valence-corrected chi connectivity index (χ3v) is 5.13. The lowest BCUT2D eigenvalue weighted by Gasteiger charge is -2.37. The van der Waals surface area contributed by atoms with Crippen molar-refractivity contribution in [2.45, 2.75) is 51.7 Å². The molecular weight excluding hydrogens is 391 g/mol. The second-order valence-electron chi connectivity index (χ2n) is 7.02. The molecule has 0 radical (unpaired) electrons. The molecule has 170 valence electrons. The molecule has 0 amide bonds. The molecule has 0 aliphatic carbocycles. The average Bonchev–Trinajstić information content (AvgIpc) is 2.62. The standard InChI is InChI=1S/C18H39O9P/c1-17(2,21)18(3,4)24-14-16-27-28(26-15-13-23-12-8-20)25-11-6-10-22-9-5-7-19/h19-21H,5-16H2,1-4H3. The van der Waals surface area contributed by atoms with Crippen LogP contribution < -0.4 is 0 Å². The Morgan fingerprint density at radius 3 is 1.82 bits per heavy atom. The summed E-state index contributed by atoms with van der Waals surface area (Å²) < 4.78 is 33.1. The molecule has 0 aromatic carbocycles. The van der Waals surface area contributed by atoms with E-state index in [9.17, 15) is 5.11 Å². The van der Waals surface area contributed by atoms with Crippen molar-refractivity contribution in [1.82, 2.24) is 0 Å². The minimum absolute atomic E-state index is 0.0353. The van der Waals surface area contributed by atoms with Gasteiger partial charge >= 0.3 is 8.60 Å². The fourth-order valence-electron chi connectivity index (χ4n) is 1.60. The smallest absolute Gasteiger partial charge is 0.332 e. The first-order chi connectivity index (χ1) is 13.2. The highest BCUT2D eigenvalue weighted by molar-refractivity contribution is 7.41. The first-order valence-electron chi connectivity index (χ1n) is 9.67. The van der Waals surface area contributed by atoms with Gasteiger partial charge in [0.1, 0.15) is 0 Å². The molecule has 1 atom stereocenters. The number of aliphatic hydroxyl groups is 3. The molecule has 9 nitrogen and oxygen atoms in total. The van der Waals surface area contributed by atoms with E-state index in [4.69, 9.17) is 38.0 Å². The summed E-state index contributed by atoms with van der Waals surface area (Å²) in [6, 6.07) is 0. The second-order valence-corrected chi connectivity index (χ2v) is 8.24. The molecule has 0 aliphatic heterocycles. The summed E-state index contributed by atoms with van der Waals surface area (Å²) in [4.78, 5) is 0. The van der Waals surface area contributed by atoms with Crippen LogP contribution in [-0.2, 0) is 27.8 Å². The molecule has 0 rings (SSSR count). The lowest BCUT2D eigenvalue weighted by molar-refractivity contribution is -0.151. The van der Waals surface area contributed by atoms with Gasteiger partial charge in [0, 0.05) is 19.8 Å². The first kappa shape index (κ1) is 28.1. The van der Waals surface area contributed by atoms with Gasteiger partial charge in [0.2, 0.25) is 0 Å². The minimum atomic E-state index is -1.57. The summed E-state index contributed by atoms with van der Waals surface area (Å²) in [7, 11) is -1.57. The van der Waals surface area contributed by atoms with Gasteiger partial charge in [0.05, 0.1) is 57.5 Å². The Bertz CT molecular complexity index is 350. The van der Waals surface area contributed by atoms with Crippen LogP contribution in [0.5, 0.6) is 0 Å². The van der Waals surface area contributed by atoms with Crippen molar-refractivity contribution >= 4 is 8.60 Å². The maximum atomic E-state index is 10.1. The molecule has 0 saturated carbocycles. The Morgan fingerprint density at radius 2 is 1.21 bits per heavy atom. The molecule has 1 unspecified atom stereocenters. The lowest BCUT2D eigenvalue weighted by atomic mass is 9.89. The monoisotopic (exact) mass is 430 g/mol. The van der Waals surface area contributed by atoms with Crippen LogP contribution >= 0.6 is 8.60 Å². The Labute approximate surface area is 170 Å². The fourth-order valence-corrected chi connectivity index (χ4v) is 2.55. The molecule has 0 aliphatic rings. The van der Waals surface area contributed by atoms with Crippen molar-refractivity contribution in [1.29, 1.82) is 0 Å². The summed E-state index contributed by atoms with van der Waals surface area (Å²) >= 11 is 0. The molecule has 28 heavy (non-hydrogen) atoms. The van der Waals surface area contributed by atoms with E-state index < -0.39 is 19.8 Å². The fraction of sp³-hybridized carbons (Fsp3) is 1.00. The number of ether oxygens (including phenoxy) is 3. The summed E-state index contributed by atoms with van der Waals surface area (Å²) in [5.74, 6) is 0. The van der Waals surface area contributed by atoms with E-state index in [0.717, 1.165) is 0 Å². The van der Waals surface area contributed by atoms with Crippen molar-refractivity contribution in [3.8, 4) is 0 Å². The number of hydrogen-bond acceptors (Lipinski definition) is 9. The topological polar surface area (TPSA) is 116 Å². The largest absolute Gasteiger partial charge is 0.396 e. The number of hydrogen-bond donors (Lipinski definition) is 3. The van der Waals surface area contributed by atoms with Crippen LogP contribution in [-0.4, -0.2) is 92.6 Å². The van der Waals surface area contributed by atoms with Crippen molar-refractivity contribution in [2.24, 2.45) is 0 Å². The zero-order valence-corrected chi connectivity index (χ0v) is 18.6. The molecular formula is C18H39O9P. The van der Waals surface area contributed by atoms with E-state index in [2.05, 4.69) is 0 Å². The Morgan fingerprint density at radius 1 is 0.643 bits per heavy atom. The maximum Gasteiger partial charge on any atom is 0.332 e. The van der Waals surface area contributed by atoms with E-state index >= 15 is 0 Å². The highest BCUT2D eigenvalue weighted by atomic mass is 31.2. The first-order valence-corrected chi connectivity index (χ1v) is 10.8. The maximum absolute atomic E-state index is 10.1. The van der Waals surface area contributed by atoms with Gasteiger partial charge in [0.15, 0.2) is 0 Å². The van der Waals surface area contributed by atoms with E-state index in [0.29, 0.717) is 39.3 Å². The van der Waals surface area contributed by atoms with Crippen LogP contribution in [0.25, 0.3) is 0 Å². The van der Waals surface area contributed by atoms with Gasteiger partial charge < -0.3 is 43.1 Å². The molecule has 0 spiro atoms. The van der Waals surface area contributed by atoms with Gasteiger partial charge in [-0.15, -0.1) is 0 Å². The predicted molar refractivity (Wildman–Crippen MR) is 106 cm³/mol. The van der Waals surface area contributed by atoms with Gasteiger partial charge in [-0.05, 0) is 40.5 Å². The van der Waals surface area contributed by atoms with Crippen molar-refractivity contribution < 1.29 is 43.1 Å². The van der Waals surface area contributed by atoms with Gasteiger partial charge in [-0.2, -0.15) is 0 Å². The molecule has 0 aromatic heterocycles. The van der Waals surface area contributed by atoms with Crippen molar-refractivity contribution in [2.75, 3.05) is 66.1 Å². The molecule has 0 fully saturated rings.